The van der Waals surface area contributed by atoms with Crippen LogP contribution in [0.2, 0.25) is 0 Å². The molecule has 0 saturated carbocycles. The number of thiazole rings is 1. The van der Waals surface area contributed by atoms with Crippen LogP contribution in [0.4, 0.5) is 5.82 Å². The quantitative estimate of drug-likeness (QED) is 0.560. The molecular formula is C20H27N9S. The second-order valence-electron chi connectivity index (χ2n) is 7.66. The number of aromatic nitrogens is 6. The average Bonchev–Trinajstić information content (AvgIpc) is 3.40. The lowest BCUT2D eigenvalue weighted by molar-refractivity contribution is 0.494. The minimum atomic E-state index is -0.288. The molecule has 0 amide bonds. The second-order valence-corrected chi connectivity index (χ2v) is 8.56. The molecule has 2 N–H and O–H groups in total. The van der Waals surface area contributed by atoms with Gasteiger partial charge in [0.2, 0.25) is 0 Å². The molecule has 0 saturated heterocycles. The molecule has 0 fully saturated rings. The smallest absolute Gasteiger partial charge is 0.160 e. The summed E-state index contributed by atoms with van der Waals surface area (Å²) in [6.07, 6.45) is 4.46. The van der Waals surface area contributed by atoms with Crippen molar-refractivity contribution in [2.24, 2.45) is 0 Å². The van der Waals surface area contributed by atoms with Gasteiger partial charge in [-0.25, -0.2) is 15.0 Å². The van der Waals surface area contributed by atoms with Crippen molar-refractivity contribution in [2.75, 3.05) is 18.5 Å². The highest BCUT2D eigenvalue weighted by atomic mass is 32.1. The third-order valence-electron chi connectivity index (χ3n) is 5.41. The first-order valence-electron chi connectivity index (χ1n) is 10.2. The van der Waals surface area contributed by atoms with Crippen molar-refractivity contribution in [3.8, 4) is 5.69 Å². The minimum Gasteiger partial charge on any atom is -0.342 e. The van der Waals surface area contributed by atoms with Gasteiger partial charge in [-0.3, -0.25) is 4.57 Å². The van der Waals surface area contributed by atoms with Crippen LogP contribution in [0, 0.1) is 12.3 Å². The molecule has 0 aromatic carbocycles. The maximum atomic E-state index is 8.71. The van der Waals surface area contributed by atoms with Crippen molar-refractivity contribution in [2.45, 2.75) is 52.1 Å². The highest BCUT2D eigenvalue weighted by Crippen LogP contribution is 2.40. The van der Waals surface area contributed by atoms with Crippen molar-refractivity contribution in [1.82, 2.24) is 35.0 Å². The number of likely N-dealkylation sites (N-methyl/N-ethyl adjacent to an activating group) is 1. The minimum absolute atomic E-state index is 0.0858. The van der Waals surface area contributed by atoms with Crippen molar-refractivity contribution in [3.63, 3.8) is 0 Å². The van der Waals surface area contributed by atoms with Crippen molar-refractivity contribution in [3.05, 3.63) is 40.3 Å². The molecule has 1 aliphatic rings. The zero-order valence-corrected chi connectivity index (χ0v) is 18.7. The van der Waals surface area contributed by atoms with E-state index in [1.54, 1.807) is 6.20 Å². The lowest BCUT2D eigenvalue weighted by Crippen LogP contribution is -2.41. The zero-order chi connectivity index (χ0) is 21.4. The van der Waals surface area contributed by atoms with E-state index in [1.165, 1.54) is 11.3 Å². The normalized spacial score (nSPS) is 16.5. The molecule has 3 aromatic heterocycles. The Morgan fingerprint density at radius 3 is 2.73 bits per heavy atom. The first-order valence-corrected chi connectivity index (χ1v) is 11.1. The Morgan fingerprint density at radius 1 is 1.30 bits per heavy atom. The average molecular weight is 426 g/mol. The summed E-state index contributed by atoms with van der Waals surface area (Å²) in [7, 11) is 1.88. The number of aryl methyl sites for hydroxylation is 1. The van der Waals surface area contributed by atoms with Gasteiger partial charge < -0.3 is 15.6 Å². The lowest BCUT2D eigenvalue weighted by Gasteiger charge is -2.40. The molecule has 4 heterocycles. The highest BCUT2D eigenvalue weighted by molar-refractivity contribution is 7.11. The Morgan fingerprint density at radius 2 is 2.10 bits per heavy atom. The monoisotopic (exact) mass is 425 g/mol. The molecule has 3 aromatic rings. The summed E-state index contributed by atoms with van der Waals surface area (Å²) in [4.78, 5) is 16.3. The van der Waals surface area contributed by atoms with Crippen LogP contribution in [0.1, 0.15) is 61.6 Å². The number of anilines is 1. The van der Waals surface area contributed by atoms with Gasteiger partial charge in [0.15, 0.2) is 11.6 Å². The van der Waals surface area contributed by atoms with Crippen LogP contribution in [-0.4, -0.2) is 55.1 Å². The third kappa shape index (κ3) is 3.29. The highest BCUT2D eigenvalue weighted by Gasteiger charge is 2.37. The molecular weight excluding hydrogens is 398 g/mol. The van der Waals surface area contributed by atoms with Crippen LogP contribution in [0.15, 0.2) is 17.8 Å². The van der Waals surface area contributed by atoms with Crippen LogP contribution in [0.5, 0.6) is 0 Å². The molecule has 4 rings (SSSR count). The first-order chi connectivity index (χ1) is 14.5. The number of nitrogens with one attached hydrogen (secondary N) is 2. The Kier molecular flexibility index (Phi) is 5.61. The maximum absolute atomic E-state index is 8.71. The number of rotatable bonds is 7. The van der Waals surface area contributed by atoms with Crippen LogP contribution in [-0.2, 0) is 0 Å². The Hall–Kier alpha value is -2.72. The summed E-state index contributed by atoms with van der Waals surface area (Å²) in [5.74, 6) is 2.95. The first kappa shape index (κ1) is 20.5. The number of hydrogen-bond acceptors (Lipinski definition) is 9. The molecule has 158 valence electrons. The predicted octanol–water partition coefficient (Wildman–Crippen LogP) is 2.87. The molecule has 30 heavy (non-hydrogen) atoms. The molecule has 2 atom stereocenters. The summed E-state index contributed by atoms with van der Waals surface area (Å²) >= 11 is 1.46. The van der Waals surface area contributed by atoms with E-state index in [-0.39, 0.29) is 18.0 Å². The van der Waals surface area contributed by atoms with Gasteiger partial charge in [-0.2, -0.15) is 0 Å². The van der Waals surface area contributed by atoms with E-state index in [4.69, 9.17) is 10.4 Å². The summed E-state index contributed by atoms with van der Waals surface area (Å²) in [5.41, 5.74) is 1.32. The van der Waals surface area contributed by atoms with E-state index in [0.29, 0.717) is 23.1 Å². The topological polar surface area (TPSA) is 108 Å². The van der Waals surface area contributed by atoms with Gasteiger partial charge in [-0.15, -0.1) is 21.5 Å². The molecule has 9 nitrogen and oxygen atoms in total. The van der Waals surface area contributed by atoms with Crippen molar-refractivity contribution in [1.29, 1.82) is 5.41 Å². The molecule has 0 radical (unpaired) electrons. The van der Waals surface area contributed by atoms with E-state index in [2.05, 4.69) is 55.7 Å². The number of hydrogen-bond donors (Lipinski definition) is 2. The summed E-state index contributed by atoms with van der Waals surface area (Å²) in [6.45, 7) is 9.00. The summed E-state index contributed by atoms with van der Waals surface area (Å²) in [5, 5.41) is 23.2. The van der Waals surface area contributed by atoms with Gasteiger partial charge in [0.05, 0.1) is 23.9 Å². The van der Waals surface area contributed by atoms with Gasteiger partial charge in [0.1, 0.15) is 22.3 Å². The standard InChI is InChI=1S/C20H27N9S/c1-6-14-19-27-26-12(4)29(19)15-10-24-17(25-18(15)28(14)11(2)3)13(9-22-5)16(21)20-23-7-8-30-20/h7-8,10-11,13-14,21-22H,6,9H2,1-5H3/t13?,14-/m1/s1. The molecule has 0 aliphatic carbocycles. The largest absolute Gasteiger partial charge is 0.342 e. The molecule has 0 spiro atoms. The van der Waals surface area contributed by atoms with Crippen LogP contribution in [0.3, 0.4) is 0 Å². The van der Waals surface area contributed by atoms with E-state index >= 15 is 0 Å². The SMILES string of the molecule is CC[C@@H]1c2nnc(C)n2-c2cnc(C(CNC)C(=N)c3nccs3)nc2N1C(C)C. The number of fused-ring (bicyclic) bond motifs is 3. The second kappa shape index (κ2) is 8.19. The van der Waals surface area contributed by atoms with E-state index in [0.717, 1.165) is 29.6 Å². The maximum Gasteiger partial charge on any atom is 0.160 e. The Balaban J connectivity index is 1.86. The van der Waals surface area contributed by atoms with Crippen LogP contribution < -0.4 is 10.2 Å². The van der Waals surface area contributed by atoms with Gasteiger partial charge in [0.25, 0.3) is 0 Å². The molecule has 10 heteroatoms. The number of nitrogens with zero attached hydrogens (tertiary/aromatic N) is 7. The van der Waals surface area contributed by atoms with Crippen molar-refractivity contribution < 1.29 is 0 Å². The van der Waals surface area contributed by atoms with Crippen LogP contribution >= 0.6 is 11.3 Å². The summed E-state index contributed by atoms with van der Waals surface area (Å²) in [6, 6.07) is 0.311. The van der Waals surface area contributed by atoms with Crippen LogP contribution in [0.25, 0.3) is 5.69 Å². The fraction of sp³-hybridized carbons (Fsp3) is 0.500. The van der Waals surface area contributed by atoms with Gasteiger partial charge in [-0.1, -0.05) is 6.92 Å². The molecule has 0 bridgehead atoms. The fourth-order valence-corrected chi connectivity index (χ4v) is 4.72. The molecule has 1 aliphatic heterocycles. The fourth-order valence-electron chi connectivity index (χ4n) is 4.08. The predicted molar refractivity (Wildman–Crippen MR) is 118 cm³/mol. The Labute approximate surface area is 180 Å². The molecule has 1 unspecified atom stereocenters. The lowest BCUT2D eigenvalue weighted by atomic mass is 10.0. The zero-order valence-electron chi connectivity index (χ0n) is 17.9. The Bertz CT molecular complexity index is 1040. The van der Waals surface area contributed by atoms with E-state index in [1.807, 2.05) is 25.5 Å². The van der Waals surface area contributed by atoms with E-state index < -0.39 is 0 Å². The summed E-state index contributed by atoms with van der Waals surface area (Å²) < 4.78 is 2.06. The van der Waals surface area contributed by atoms with Gasteiger partial charge in [0, 0.05) is 24.2 Å². The van der Waals surface area contributed by atoms with E-state index in [9.17, 15) is 0 Å². The van der Waals surface area contributed by atoms with Gasteiger partial charge in [-0.05, 0) is 34.2 Å². The van der Waals surface area contributed by atoms with Gasteiger partial charge >= 0.3 is 0 Å². The van der Waals surface area contributed by atoms with Crippen molar-refractivity contribution >= 4 is 22.9 Å². The third-order valence-corrected chi connectivity index (χ3v) is 6.22.